The van der Waals surface area contributed by atoms with Crippen molar-refractivity contribution in [3.05, 3.63) is 54.1 Å². The van der Waals surface area contributed by atoms with Crippen LogP contribution in [0.15, 0.2) is 48.5 Å². The second-order valence-corrected chi connectivity index (χ2v) is 6.31. The molecule has 0 saturated heterocycles. The summed E-state index contributed by atoms with van der Waals surface area (Å²) in [4.78, 5) is 0. The summed E-state index contributed by atoms with van der Waals surface area (Å²) in [6.45, 7) is 6.16. The first-order valence-corrected chi connectivity index (χ1v) is 9.02. The molecular formula is C19H25NOS. The van der Waals surface area contributed by atoms with E-state index in [1.54, 1.807) is 11.9 Å². The molecule has 2 aromatic carbocycles. The van der Waals surface area contributed by atoms with Gasteiger partial charge in [0.05, 0.1) is 6.61 Å². The molecule has 0 aliphatic carbocycles. The standard InChI is InChI=1S/C19H25NOS/c1-15(2)16-7-4-8-17(13-16)18-9-5-10-19(14-18)21-12-6-11-20-22-3/h4-5,7-10,13-15,20H,6,11-12H2,1-3H3. The van der Waals surface area contributed by atoms with E-state index in [2.05, 4.69) is 61.0 Å². The van der Waals surface area contributed by atoms with E-state index >= 15 is 0 Å². The van der Waals surface area contributed by atoms with Crippen molar-refractivity contribution < 1.29 is 4.74 Å². The van der Waals surface area contributed by atoms with Crippen molar-refractivity contribution in [3.63, 3.8) is 0 Å². The van der Waals surface area contributed by atoms with Crippen molar-refractivity contribution in [2.75, 3.05) is 19.4 Å². The first kappa shape index (κ1) is 16.9. The number of rotatable bonds is 8. The summed E-state index contributed by atoms with van der Waals surface area (Å²) in [5.74, 6) is 1.49. The zero-order valence-corrected chi connectivity index (χ0v) is 14.5. The van der Waals surface area contributed by atoms with Gasteiger partial charge in [-0.05, 0) is 47.4 Å². The lowest BCUT2D eigenvalue weighted by Crippen LogP contribution is -2.09. The van der Waals surface area contributed by atoms with Crippen LogP contribution in [-0.2, 0) is 0 Å². The highest BCUT2D eigenvalue weighted by atomic mass is 32.2. The summed E-state index contributed by atoms with van der Waals surface area (Å²) in [6.07, 6.45) is 3.05. The average molecular weight is 315 g/mol. The first-order valence-electron chi connectivity index (χ1n) is 7.79. The van der Waals surface area contributed by atoms with Crippen LogP contribution < -0.4 is 9.46 Å². The van der Waals surface area contributed by atoms with Gasteiger partial charge in [0, 0.05) is 6.54 Å². The second kappa shape index (κ2) is 8.86. The average Bonchev–Trinajstić information content (AvgIpc) is 2.55. The van der Waals surface area contributed by atoms with Gasteiger partial charge in [-0.3, -0.25) is 4.72 Å². The number of hydrogen-bond donors (Lipinski definition) is 1. The number of ether oxygens (including phenoxy) is 1. The molecule has 0 radical (unpaired) electrons. The molecule has 0 amide bonds. The molecular weight excluding hydrogens is 290 g/mol. The Kier molecular flexibility index (Phi) is 6.81. The van der Waals surface area contributed by atoms with E-state index in [4.69, 9.17) is 4.74 Å². The summed E-state index contributed by atoms with van der Waals surface area (Å²) in [5, 5.41) is 0. The van der Waals surface area contributed by atoms with Gasteiger partial charge in [-0.15, -0.1) is 0 Å². The summed E-state index contributed by atoms with van der Waals surface area (Å²) in [6, 6.07) is 17.1. The minimum Gasteiger partial charge on any atom is -0.494 e. The fourth-order valence-electron chi connectivity index (χ4n) is 2.28. The van der Waals surface area contributed by atoms with Gasteiger partial charge in [0.15, 0.2) is 0 Å². The molecule has 0 bridgehead atoms. The van der Waals surface area contributed by atoms with E-state index in [0.29, 0.717) is 5.92 Å². The Morgan fingerprint density at radius 3 is 2.50 bits per heavy atom. The van der Waals surface area contributed by atoms with Gasteiger partial charge in [-0.25, -0.2) is 0 Å². The normalized spacial score (nSPS) is 10.9. The fourth-order valence-corrected chi connectivity index (χ4v) is 2.63. The van der Waals surface area contributed by atoms with Crippen molar-refractivity contribution in [1.82, 2.24) is 4.72 Å². The highest BCUT2D eigenvalue weighted by Crippen LogP contribution is 2.26. The number of nitrogens with one attached hydrogen (secondary N) is 1. The third-order valence-corrected chi connectivity index (χ3v) is 4.05. The lowest BCUT2D eigenvalue weighted by Gasteiger charge is -2.10. The fraction of sp³-hybridized carbons (Fsp3) is 0.368. The zero-order valence-electron chi connectivity index (χ0n) is 13.6. The van der Waals surface area contributed by atoms with E-state index in [1.165, 1.54) is 16.7 Å². The molecule has 2 nitrogen and oxygen atoms in total. The Bertz CT molecular complexity index is 583. The smallest absolute Gasteiger partial charge is 0.119 e. The SMILES string of the molecule is CSNCCCOc1cccc(-c2cccc(C(C)C)c2)c1. The van der Waals surface area contributed by atoms with Crippen LogP contribution in [-0.4, -0.2) is 19.4 Å². The van der Waals surface area contributed by atoms with Gasteiger partial charge < -0.3 is 4.74 Å². The molecule has 0 aliphatic rings. The summed E-state index contributed by atoms with van der Waals surface area (Å²) in [7, 11) is 0. The van der Waals surface area contributed by atoms with Gasteiger partial charge in [-0.2, -0.15) is 0 Å². The Morgan fingerprint density at radius 2 is 1.77 bits per heavy atom. The number of benzene rings is 2. The molecule has 0 atom stereocenters. The first-order chi connectivity index (χ1) is 10.7. The van der Waals surface area contributed by atoms with Crippen molar-refractivity contribution in [2.24, 2.45) is 0 Å². The zero-order chi connectivity index (χ0) is 15.8. The maximum Gasteiger partial charge on any atom is 0.119 e. The van der Waals surface area contributed by atoms with Crippen molar-refractivity contribution >= 4 is 11.9 Å². The monoisotopic (exact) mass is 315 g/mol. The summed E-state index contributed by atoms with van der Waals surface area (Å²) in [5.41, 5.74) is 3.83. The molecule has 0 aliphatic heterocycles. The van der Waals surface area contributed by atoms with E-state index in [-0.39, 0.29) is 0 Å². The van der Waals surface area contributed by atoms with Crippen LogP contribution in [0, 0.1) is 0 Å². The predicted octanol–water partition coefficient (Wildman–Crippen LogP) is 5.11. The largest absolute Gasteiger partial charge is 0.494 e. The Morgan fingerprint density at radius 1 is 1.05 bits per heavy atom. The molecule has 0 heterocycles. The Hall–Kier alpha value is -1.45. The third kappa shape index (κ3) is 5.08. The van der Waals surface area contributed by atoms with Crippen LogP contribution in [0.1, 0.15) is 31.7 Å². The topological polar surface area (TPSA) is 21.3 Å². The molecule has 2 rings (SSSR count). The van der Waals surface area contributed by atoms with Gasteiger partial charge >= 0.3 is 0 Å². The molecule has 118 valence electrons. The molecule has 0 saturated carbocycles. The molecule has 22 heavy (non-hydrogen) atoms. The molecule has 0 unspecified atom stereocenters. The molecule has 0 fully saturated rings. The van der Waals surface area contributed by atoms with E-state index in [0.717, 1.165) is 25.3 Å². The lowest BCUT2D eigenvalue weighted by atomic mass is 9.97. The van der Waals surface area contributed by atoms with E-state index < -0.39 is 0 Å². The second-order valence-electron chi connectivity index (χ2n) is 5.61. The molecule has 2 aromatic rings. The molecule has 0 spiro atoms. The predicted molar refractivity (Wildman–Crippen MR) is 97.6 cm³/mol. The minimum absolute atomic E-state index is 0.545. The van der Waals surface area contributed by atoms with Crippen LogP contribution in [0.2, 0.25) is 0 Å². The van der Waals surface area contributed by atoms with E-state index in [1.807, 2.05) is 12.3 Å². The van der Waals surface area contributed by atoms with Crippen LogP contribution in [0.5, 0.6) is 5.75 Å². The summed E-state index contributed by atoms with van der Waals surface area (Å²) < 4.78 is 9.07. The van der Waals surface area contributed by atoms with Crippen LogP contribution in [0.4, 0.5) is 0 Å². The van der Waals surface area contributed by atoms with Gasteiger partial charge in [0.1, 0.15) is 5.75 Å². The van der Waals surface area contributed by atoms with Crippen LogP contribution in [0.25, 0.3) is 11.1 Å². The maximum absolute atomic E-state index is 5.84. The molecule has 0 aromatic heterocycles. The van der Waals surface area contributed by atoms with Crippen molar-refractivity contribution in [3.8, 4) is 16.9 Å². The quantitative estimate of drug-likeness (QED) is 0.540. The Labute approximate surface area is 138 Å². The summed E-state index contributed by atoms with van der Waals surface area (Å²) >= 11 is 1.65. The Balaban J connectivity index is 2.03. The van der Waals surface area contributed by atoms with Gasteiger partial charge in [0.25, 0.3) is 0 Å². The minimum atomic E-state index is 0.545. The molecule has 1 N–H and O–H groups in total. The van der Waals surface area contributed by atoms with Crippen LogP contribution >= 0.6 is 11.9 Å². The highest BCUT2D eigenvalue weighted by Gasteiger charge is 2.04. The van der Waals surface area contributed by atoms with Crippen molar-refractivity contribution in [2.45, 2.75) is 26.2 Å². The lowest BCUT2D eigenvalue weighted by molar-refractivity contribution is 0.312. The van der Waals surface area contributed by atoms with Gasteiger partial charge in [0.2, 0.25) is 0 Å². The number of hydrogen-bond acceptors (Lipinski definition) is 3. The van der Waals surface area contributed by atoms with Crippen molar-refractivity contribution in [1.29, 1.82) is 0 Å². The van der Waals surface area contributed by atoms with Crippen LogP contribution in [0.3, 0.4) is 0 Å². The highest BCUT2D eigenvalue weighted by molar-refractivity contribution is 7.96. The van der Waals surface area contributed by atoms with Gasteiger partial charge in [-0.1, -0.05) is 62.2 Å². The van der Waals surface area contributed by atoms with E-state index in [9.17, 15) is 0 Å². The molecule has 3 heteroatoms. The maximum atomic E-state index is 5.84. The third-order valence-electron chi connectivity index (χ3n) is 3.56.